The van der Waals surface area contributed by atoms with Crippen molar-refractivity contribution < 1.29 is 14.3 Å². The van der Waals surface area contributed by atoms with Gasteiger partial charge in [0.15, 0.2) is 23.6 Å². The molecule has 1 aromatic heterocycles. The van der Waals surface area contributed by atoms with Gasteiger partial charge in [-0.15, -0.1) is 35.3 Å². The first kappa shape index (κ1) is 23.6. The summed E-state index contributed by atoms with van der Waals surface area (Å²) in [5.74, 6) is 2.39. The van der Waals surface area contributed by atoms with Crippen molar-refractivity contribution in [2.45, 2.75) is 32.4 Å². The minimum atomic E-state index is -0.134. The van der Waals surface area contributed by atoms with Gasteiger partial charge in [0.05, 0.1) is 6.54 Å². The molecule has 1 unspecified atom stereocenters. The lowest BCUT2D eigenvalue weighted by atomic mass is 10.1. The summed E-state index contributed by atoms with van der Waals surface area (Å²) >= 11 is 1.79. The number of halogens is 1. The highest BCUT2D eigenvalue weighted by Crippen LogP contribution is 2.30. The second kappa shape index (κ2) is 11.6. The van der Waals surface area contributed by atoms with Crippen molar-refractivity contribution in [3.63, 3.8) is 0 Å². The number of fused-ring (bicyclic) bond motifs is 2. The summed E-state index contributed by atoms with van der Waals surface area (Å²) in [4.78, 5) is 20.6. The van der Waals surface area contributed by atoms with Crippen LogP contribution < -0.4 is 20.1 Å². The monoisotopic (exact) mass is 556 g/mol. The van der Waals surface area contributed by atoms with E-state index in [2.05, 4.69) is 27.1 Å². The predicted molar refractivity (Wildman–Crippen MR) is 134 cm³/mol. The van der Waals surface area contributed by atoms with Crippen LogP contribution in [0.1, 0.15) is 23.8 Å². The van der Waals surface area contributed by atoms with Crippen LogP contribution in [0.5, 0.6) is 11.5 Å². The van der Waals surface area contributed by atoms with Crippen LogP contribution in [0.2, 0.25) is 0 Å². The van der Waals surface area contributed by atoms with Crippen LogP contribution in [0.25, 0.3) is 0 Å². The van der Waals surface area contributed by atoms with Crippen LogP contribution in [0.3, 0.4) is 0 Å². The topological polar surface area (TPSA) is 75.2 Å². The van der Waals surface area contributed by atoms with Gasteiger partial charge >= 0.3 is 0 Å². The number of nitrogens with zero attached hydrogens (tertiary/aromatic N) is 2. The number of hydrogen-bond acceptors (Lipinski definition) is 5. The Labute approximate surface area is 204 Å². The molecule has 0 saturated carbocycles. The molecule has 3 heterocycles. The Morgan fingerprint density at radius 1 is 1.26 bits per heavy atom. The number of rotatable bonds is 6. The van der Waals surface area contributed by atoms with Crippen molar-refractivity contribution >= 4 is 47.2 Å². The maximum atomic E-state index is 12.6. The van der Waals surface area contributed by atoms with Crippen LogP contribution in [-0.4, -0.2) is 55.7 Å². The first-order chi connectivity index (χ1) is 14.7. The summed E-state index contributed by atoms with van der Waals surface area (Å²) in [6, 6.07) is 9.79. The lowest BCUT2D eigenvalue weighted by Gasteiger charge is -2.27. The van der Waals surface area contributed by atoms with Crippen LogP contribution in [0.15, 0.2) is 40.7 Å². The van der Waals surface area contributed by atoms with Gasteiger partial charge in [0.2, 0.25) is 5.91 Å². The molecule has 168 valence electrons. The first-order valence-corrected chi connectivity index (χ1v) is 11.3. The lowest BCUT2D eigenvalue weighted by molar-refractivity contribution is -0.131. The second-order valence-corrected chi connectivity index (χ2v) is 8.33. The van der Waals surface area contributed by atoms with Gasteiger partial charge in [-0.1, -0.05) is 12.1 Å². The molecule has 1 atom stereocenters. The Morgan fingerprint density at radius 3 is 2.94 bits per heavy atom. The molecule has 1 amide bonds. The average molecular weight is 556 g/mol. The van der Waals surface area contributed by atoms with E-state index >= 15 is 0 Å². The minimum absolute atomic E-state index is 0. The van der Waals surface area contributed by atoms with Gasteiger partial charge in [-0.3, -0.25) is 4.79 Å². The molecular formula is C22H29IN4O3S. The molecule has 0 bridgehead atoms. The van der Waals surface area contributed by atoms with E-state index in [0.717, 1.165) is 37.6 Å². The normalized spacial score (nSPS) is 17.4. The summed E-state index contributed by atoms with van der Waals surface area (Å²) in [5, 5.41) is 8.59. The number of aliphatic imine (C=N–C) groups is 1. The minimum Gasteiger partial charge on any atom is -0.486 e. The zero-order valence-electron chi connectivity index (χ0n) is 17.6. The van der Waals surface area contributed by atoms with E-state index in [-0.39, 0.29) is 36.0 Å². The number of nitrogens with one attached hydrogen (secondary N) is 2. The van der Waals surface area contributed by atoms with Crippen LogP contribution in [0.4, 0.5) is 0 Å². The lowest BCUT2D eigenvalue weighted by Crippen LogP contribution is -2.42. The molecule has 31 heavy (non-hydrogen) atoms. The molecule has 4 rings (SSSR count). The zero-order chi connectivity index (χ0) is 20.8. The number of thiophene rings is 1. The second-order valence-electron chi connectivity index (χ2n) is 7.33. The molecule has 9 heteroatoms. The van der Waals surface area contributed by atoms with Crippen LogP contribution in [0, 0.1) is 0 Å². The Balaban J connectivity index is 0.00000272. The van der Waals surface area contributed by atoms with Crippen molar-refractivity contribution in [1.82, 2.24) is 15.5 Å². The fourth-order valence-corrected chi connectivity index (χ4v) is 4.48. The first-order valence-electron chi connectivity index (χ1n) is 10.5. The standard InChI is InChI=1S/C22H28N4O3S.HI/c1-2-23-22(25-13-17-15-28-18-5-3-4-6-19(18)29-17)24-10-7-21(27)26-11-8-20-16(14-26)9-12-30-20;/h3-6,9,12,17H,2,7-8,10-11,13-15H2,1H3,(H2,23,24,25);1H. The molecule has 0 radical (unpaired) electrons. The van der Waals surface area contributed by atoms with Crippen LogP contribution in [-0.2, 0) is 17.8 Å². The van der Waals surface area contributed by atoms with E-state index < -0.39 is 0 Å². The van der Waals surface area contributed by atoms with Gasteiger partial charge in [0, 0.05) is 37.5 Å². The quantitative estimate of drug-likeness (QED) is 0.325. The van der Waals surface area contributed by atoms with Crippen molar-refractivity contribution in [3.05, 3.63) is 46.2 Å². The molecule has 2 aromatic rings. The molecule has 2 aliphatic rings. The summed E-state index contributed by atoms with van der Waals surface area (Å²) in [7, 11) is 0. The number of benzene rings is 1. The van der Waals surface area contributed by atoms with E-state index in [1.807, 2.05) is 36.1 Å². The third-order valence-electron chi connectivity index (χ3n) is 5.16. The smallest absolute Gasteiger partial charge is 0.224 e. The Bertz CT molecular complexity index is 904. The van der Waals surface area contributed by atoms with Gasteiger partial charge in [-0.25, -0.2) is 4.99 Å². The fraction of sp³-hybridized carbons (Fsp3) is 0.455. The number of carbonyl (C=O) groups excluding carboxylic acids is 1. The Morgan fingerprint density at radius 2 is 2.10 bits per heavy atom. The van der Waals surface area contributed by atoms with E-state index in [9.17, 15) is 4.79 Å². The molecule has 1 aromatic carbocycles. The van der Waals surface area contributed by atoms with E-state index in [1.54, 1.807) is 11.3 Å². The molecular weight excluding hydrogens is 527 g/mol. The summed E-state index contributed by atoms with van der Waals surface area (Å²) in [6.45, 7) is 5.79. The third kappa shape index (κ3) is 6.25. The maximum absolute atomic E-state index is 12.6. The van der Waals surface area contributed by atoms with Gasteiger partial charge in [-0.05, 0) is 42.5 Å². The van der Waals surface area contributed by atoms with E-state index in [4.69, 9.17) is 9.47 Å². The van der Waals surface area contributed by atoms with Crippen LogP contribution >= 0.6 is 35.3 Å². The highest BCUT2D eigenvalue weighted by molar-refractivity contribution is 14.0. The summed E-state index contributed by atoms with van der Waals surface area (Å²) in [6.07, 6.45) is 1.27. The number of amides is 1. The fourth-order valence-electron chi connectivity index (χ4n) is 3.60. The maximum Gasteiger partial charge on any atom is 0.224 e. The van der Waals surface area contributed by atoms with E-state index in [0.29, 0.717) is 32.1 Å². The molecule has 0 aliphatic carbocycles. The van der Waals surface area contributed by atoms with Gasteiger partial charge in [0.25, 0.3) is 0 Å². The largest absolute Gasteiger partial charge is 0.486 e. The number of carbonyl (C=O) groups is 1. The molecule has 0 saturated heterocycles. The number of para-hydroxylation sites is 2. The van der Waals surface area contributed by atoms with Crippen molar-refractivity contribution in [2.24, 2.45) is 4.99 Å². The molecule has 0 spiro atoms. The highest BCUT2D eigenvalue weighted by atomic mass is 127. The molecule has 2 aliphatic heterocycles. The van der Waals surface area contributed by atoms with E-state index in [1.165, 1.54) is 10.4 Å². The SMILES string of the molecule is CCNC(=NCC1COc2ccccc2O1)NCCC(=O)N1CCc2sccc2C1.I. The van der Waals surface area contributed by atoms with Crippen molar-refractivity contribution in [1.29, 1.82) is 0 Å². The number of guanidine groups is 1. The molecule has 2 N–H and O–H groups in total. The summed E-state index contributed by atoms with van der Waals surface area (Å²) in [5.41, 5.74) is 1.29. The van der Waals surface area contributed by atoms with Gasteiger partial charge < -0.3 is 25.0 Å². The average Bonchev–Trinajstić information content (AvgIpc) is 3.25. The zero-order valence-corrected chi connectivity index (χ0v) is 20.8. The van der Waals surface area contributed by atoms with Gasteiger partial charge in [-0.2, -0.15) is 0 Å². The Hall–Kier alpha value is -2.01. The Kier molecular flexibility index (Phi) is 8.82. The molecule has 7 nitrogen and oxygen atoms in total. The summed E-state index contributed by atoms with van der Waals surface area (Å²) < 4.78 is 11.7. The molecule has 0 fully saturated rings. The number of hydrogen-bond donors (Lipinski definition) is 2. The van der Waals surface area contributed by atoms with Crippen molar-refractivity contribution in [2.75, 3.05) is 32.8 Å². The van der Waals surface area contributed by atoms with Gasteiger partial charge in [0.1, 0.15) is 6.61 Å². The highest BCUT2D eigenvalue weighted by Gasteiger charge is 2.22. The van der Waals surface area contributed by atoms with Crippen molar-refractivity contribution in [3.8, 4) is 11.5 Å². The number of ether oxygens (including phenoxy) is 2. The third-order valence-corrected chi connectivity index (χ3v) is 6.18. The predicted octanol–water partition coefficient (Wildman–Crippen LogP) is 3.04.